The Morgan fingerprint density at radius 3 is 2.55 bits per heavy atom. The molecule has 1 aliphatic heterocycles. The summed E-state index contributed by atoms with van der Waals surface area (Å²) in [7, 11) is 0. The van der Waals surface area contributed by atoms with Crippen LogP contribution in [-0.4, -0.2) is 30.4 Å². The van der Waals surface area contributed by atoms with Gasteiger partial charge in [0.25, 0.3) is 11.8 Å². The van der Waals surface area contributed by atoms with Gasteiger partial charge in [-0.15, -0.1) is 0 Å². The summed E-state index contributed by atoms with van der Waals surface area (Å²) in [5.41, 5.74) is 1.05. The molecular weight excluding hydrogens is 448 g/mol. The van der Waals surface area contributed by atoms with Gasteiger partial charge in [-0.2, -0.15) is 0 Å². The Kier molecular flexibility index (Phi) is 6.10. The fourth-order valence-electron chi connectivity index (χ4n) is 3.22. The first-order chi connectivity index (χ1) is 15.9. The van der Waals surface area contributed by atoms with E-state index in [9.17, 15) is 19.2 Å². The second-order valence-electron chi connectivity index (χ2n) is 6.94. The first-order valence-electron chi connectivity index (χ1n) is 9.92. The van der Waals surface area contributed by atoms with Gasteiger partial charge in [0.2, 0.25) is 0 Å². The van der Waals surface area contributed by atoms with Gasteiger partial charge < -0.3 is 9.15 Å². The summed E-state index contributed by atoms with van der Waals surface area (Å²) in [5.74, 6) is -1.36. The predicted octanol–water partition coefficient (Wildman–Crippen LogP) is 4.44. The Labute approximate surface area is 193 Å². The molecule has 0 atom stereocenters. The monoisotopic (exact) mass is 464 g/mol. The smallest absolute Gasteiger partial charge is 0.338 e. The van der Waals surface area contributed by atoms with E-state index in [0.717, 1.165) is 4.90 Å². The number of urea groups is 1. The summed E-state index contributed by atoms with van der Waals surface area (Å²) in [6.45, 7) is 2.01. The lowest BCUT2D eigenvalue weighted by Crippen LogP contribution is -2.54. The Balaban J connectivity index is 1.60. The predicted molar refractivity (Wildman–Crippen MR) is 121 cm³/mol. The third kappa shape index (κ3) is 4.56. The average Bonchev–Trinajstić information content (AvgIpc) is 3.25. The number of rotatable bonds is 5. The normalized spacial score (nSPS) is 15.0. The van der Waals surface area contributed by atoms with E-state index in [1.807, 2.05) is 0 Å². The summed E-state index contributed by atoms with van der Waals surface area (Å²) in [4.78, 5) is 50.2. The molecule has 0 spiro atoms. The van der Waals surface area contributed by atoms with E-state index < -0.39 is 23.8 Å². The number of hydrogen-bond acceptors (Lipinski definition) is 6. The minimum Gasteiger partial charge on any atom is -0.462 e. The van der Waals surface area contributed by atoms with E-state index >= 15 is 0 Å². The second kappa shape index (κ2) is 9.13. The van der Waals surface area contributed by atoms with Gasteiger partial charge in [0.15, 0.2) is 0 Å². The molecule has 9 heteroatoms. The number of furan rings is 1. The molecule has 0 aliphatic carbocycles. The number of anilines is 1. The minimum atomic E-state index is -0.869. The topological polar surface area (TPSA) is 106 Å². The molecule has 166 valence electrons. The van der Waals surface area contributed by atoms with Crippen molar-refractivity contribution in [2.24, 2.45) is 0 Å². The van der Waals surface area contributed by atoms with Crippen LogP contribution in [0.3, 0.4) is 0 Å². The Morgan fingerprint density at radius 1 is 1.09 bits per heavy atom. The van der Waals surface area contributed by atoms with Crippen LogP contribution in [0.15, 0.2) is 70.7 Å². The van der Waals surface area contributed by atoms with Gasteiger partial charge in [-0.1, -0.05) is 29.8 Å². The standard InChI is InChI=1S/C24H17ClN2O6/c1-2-32-23(30)15-8-6-14(7-9-15)20-11-10-18(33-20)13-19-21(28)26-24(31)27(22(19)29)17-5-3-4-16(25)12-17/h3-13H,2H2,1H3,(H,26,28,31)/b19-13+. The van der Waals surface area contributed by atoms with E-state index in [1.165, 1.54) is 18.2 Å². The maximum atomic E-state index is 12.9. The molecule has 1 saturated heterocycles. The average molecular weight is 465 g/mol. The van der Waals surface area contributed by atoms with E-state index in [-0.39, 0.29) is 23.6 Å². The highest BCUT2D eigenvalue weighted by Crippen LogP contribution is 2.27. The third-order valence-corrected chi connectivity index (χ3v) is 5.00. The molecule has 1 fully saturated rings. The molecule has 2 heterocycles. The van der Waals surface area contributed by atoms with Gasteiger partial charge in [-0.3, -0.25) is 14.9 Å². The van der Waals surface area contributed by atoms with E-state index in [0.29, 0.717) is 21.9 Å². The maximum absolute atomic E-state index is 12.9. The van der Waals surface area contributed by atoms with Crippen LogP contribution in [0.1, 0.15) is 23.0 Å². The number of barbiturate groups is 1. The highest BCUT2D eigenvalue weighted by Gasteiger charge is 2.37. The van der Waals surface area contributed by atoms with Crippen molar-refractivity contribution < 1.29 is 28.3 Å². The van der Waals surface area contributed by atoms with Crippen molar-refractivity contribution >= 4 is 47.2 Å². The lowest BCUT2D eigenvalue weighted by atomic mass is 10.1. The van der Waals surface area contributed by atoms with Gasteiger partial charge in [0.05, 0.1) is 17.9 Å². The van der Waals surface area contributed by atoms with Crippen molar-refractivity contribution in [3.63, 3.8) is 0 Å². The number of imide groups is 2. The second-order valence-corrected chi connectivity index (χ2v) is 7.37. The number of nitrogens with one attached hydrogen (secondary N) is 1. The van der Waals surface area contributed by atoms with E-state index in [1.54, 1.807) is 55.5 Å². The number of ether oxygens (including phenoxy) is 1. The highest BCUT2D eigenvalue weighted by atomic mass is 35.5. The molecule has 1 N–H and O–H groups in total. The lowest BCUT2D eigenvalue weighted by Gasteiger charge is -2.26. The van der Waals surface area contributed by atoms with Crippen molar-refractivity contribution in [2.75, 3.05) is 11.5 Å². The number of benzene rings is 2. The van der Waals surface area contributed by atoms with Crippen LogP contribution in [0.2, 0.25) is 5.02 Å². The molecule has 0 radical (unpaired) electrons. The molecule has 3 aromatic rings. The molecule has 33 heavy (non-hydrogen) atoms. The fourth-order valence-corrected chi connectivity index (χ4v) is 3.40. The first kappa shape index (κ1) is 22.0. The fraction of sp³-hybridized carbons (Fsp3) is 0.0833. The van der Waals surface area contributed by atoms with Crippen molar-refractivity contribution in [1.29, 1.82) is 0 Å². The zero-order valence-electron chi connectivity index (χ0n) is 17.3. The summed E-state index contributed by atoms with van der Waals surface area (Å²) in [6.07, 6.45) is 1.26. The van der Waals surface area contributed by atoms with Crippen molar-refractivity contribution in [3.8, 4) is 11.3 Å². The summed E-state index contributed by atoms with van der Waals surface area (Å²) in [6, 6.07) is 15.2. The SMILES string of the molecule is CCOC(=O)c1ccc(-c2ccc(/C=C3\C(=O)NC(=O)N(c4cccc(Cl)c4)C3=O)o2)cc1. The zero-order valence-corrected chi connectivity index (χ0v) is 18.1. The zero-order chi connectivity index (χ0) is 23.5. The number of hydrogen-bond donors (Lipinski definition) is 1. The molecule has 0 bridgehead atoms. The number of halogens is 1. The number of amides is 4. The van der Waals surface area contributed by atoms with Gasteiger partial charge in [-0.05, 0) is 55.5 Å². The summed E-state index contributed by atoms with van der Waals surface area (Å²) < 4.78 is 10.7. The Bertz CT molecular complexity index is 1290. The van der Waals surface area contributed by atoms with Crippen LogP contribution >= 0.6 is 11.6 Å². The van der Waals surface area contributed by atoms with Crippen LogP contribution in [-0.2, 0) is 14.3 Å². The van der Waals surface area contributed by atoms with Gasteiger partial charge in [0.1, 0.15) is 17.1 Å². The molecule has 4 amide bonds. The van der Waals surface area contributed by atoms with Crippen LogP contribution in [0.5, 0.6) is 0 Å². The molecule has 1 aliphatic rings. The number of carbonyl (C=O) groups excluding carboxylic acids is 4. The van der Waals surface area contributed by atoms with Crippen molar-refractivity contribution in [2.45, 2.75) is 6.92 Å². The highest BCUT2D eigenvalue weighted by molar-refractivity contribution is 6.39. The van der Waals surface area contributed by atoms with Crippen LogP contribution in [0.4, 0.5) is 10.5 Å². The number of esters is 1. The minimum absolute atomic E-state index is 0.227. The molecule has 0 unspecified atom stereocenters. The van der Waals surface area contributed by atoms with Crippen LogP contribution in [0.25, 0.3) is 17.4 Å². The Morgan fingerprint density at radius 2 is 1.85 bits per heavy atom. The summed E-state index contributed by atoms with van der Waals surface area (Å²) >= 11 is 5.97. The van der Waals surface area contributed by atoms with Crippen molar-refractivity contribution in [1.82, 2.24) is 5.32 Å². The van der Waals surface area contributed by atoms with Crippen LogP contribution < -0.4 is 10.2 Å². The number of carbonyl (C=O) groups is 4. The summed E-state index contributed by atoms with van der Waals surface area (Å²) in [5, 5.41) is 2.48. The van der Waals surface area contributed by atoms with E-state index in [4.69, 9.17) is 20.8 Å². The van der Waals surface area contributed by atoms with Crippen LogP contribution in [0, 0.1) is 0 Å². The number of nitrogens with zero attached hydrogens (tertiary/aromatic N) is 1. The van der Waals surface area contributed by atoms with Gasteiger partial charge in [-0.25, -0.2) is 14.5 Å². The van der Waals surface area contributed by atoms with Gasteiger partial charge in [0, 0.05) is 10.6 Å². The largest absolute Gasteiger partial charge is 0.462 e. The molecule has 0 saturated carbocycles. The third-order valence-electron chi connectivity index (χ3n) is 4.76. The molecule has 8 nitrogen and oxygen atoms in total. The molecule has 4 rings (SSSR count). The van der Waals surface area contributed by atoms with E-state index in [2.05, 4.69) is 5.32 Å². The first-order valence-corrected chi connectivity index (χ1v) is 10.3. The molecule has 2 aromatic carbocycles. The maximum Gasteiger partial charge on any atom is 0.338 e. The van der Waals surface area contributed by atoms with Gasteiger partial charge >= 0.3 is 12.0 Å². The molecular formula is C24H17ClN2O6. The Hall–Kier alpha value is -4.17. The quantitative estimate of drug-likeness (QED) is 0.340. The lowest BCUT2D eigenvalue weighted by molar-refractivity contribution is -0.122. The molecule has 1 aromatic heterocycles. The van der Waals surface area contributed by atoms with Crippen molar-refractivity contribution in [3.05, 3.63) is 82.6 Å².